The minimum absolute atomic E-state index is 0.187. The van der Waals surface area contributed by atoms with E-state index in [4.69, 9.17) is 17.0 Å². The first-order chi connectivity index (χ1) is 16.6. The van der Waals surface area contributed by atoms with Crippen LogP contribution in [0.1, 0.15) is 39.4 Å². The Kier molecular flexibility index (Phi) is 5.86. The molecule has 1 saturated heterocycles. The molecular weight excluding hydrogens is 444 g/mol. The number of hydrogen-bond acceptors (Lipinski definition) is 4. The number of ether oxygens (including phenoxy) is 1. The topological polar surface area (TPSA) is 59.4 Å². The maximum absolute atomic E-state index is 12.5. The first-order valence-electron chi connectivity index (χ1n) is 11.0. The van der Waals surface area contributed by atoms with Crippen molar-refractivity contribution < 1.29 is 9.53 Å². The normalized spacial score (nSPS) is 17.5. The van der Waals surface area contributed by atoms with Crippen LogP contribution in [0.15, 0.2) is 91.3 Å². The molecule has 1 fully saturated rings. The summed E-state index contributed by atoms with van der Waals surface area (Å²) in [5, 5.41) is 4.12. The van der Waals surface area contributed by atoms with Gasteiger partial charge in [-0.25, -0.2) is 4.79 Å². The summed E-state index contributed by atoms with van der Waals surface area (Å²) < 4.78 is 7.08. The lowest BCUT2D eigenvalue weighted by Gasteiger charge is -2.29. The molecule has 2 aromatic carbocycles. The van der Waals surface area contributed by atoms with Crippen LogP contribution in [-0.4, -0.2) is 27.7 Å². The average molecular weight is 469 g/mol. The van der Waals surface area contributed by atoms with Crippen molar-refractivity contribution >= 4 is 29.0 Å². The number of benzene rings is 2. The van der Waals surface area contributed by atoms with Gasteiger partial charge in [-0.1, -0.05) is 30.3 Å². The van der Waals surface area contributed by atoms with Crippen LogP contribution in [0, 0.1) is 6.92 Å². The smallest absolute Gasteiger partial charge is 0.339 e. The summed E-state index contributed by atoms with van der Waals surface area (Å²) in [5.74, 6) is -0.382. The van der Waals surface area contributed by atoms with Gasteiger partial charge in [-0.05, 0) is 73.2 Å². The van der Waals surface area contributed by atoms with E-state index in [9.17, 15) is 4.79 Å². The number of esters is 1. The number of methoxy groups -OCH3 is 1. The van der Waals surface area contributed by atoms with Crippen molar-refractivity contribution in [2.75, 3.05) is 12.0 Å². The zero-order chi connectivity index (χ0) is 23.7. The third kappa shape index (κ3) is 3.84. The molecule has 0 radical (unpaired) electrons. The van der Waals surface area contributed by atoms with E-state index in [0.717, 1.165) is 28.3 Å². The van der Waals surface area contributed by atoms with Gasteiger partial charge in [-0.15, -0.1) is 0 Å². The molecule has 6 nitrogen and oxygen atoms in total. The molecule has 3 heterocycles. The second kappa shape index (κ2) is 9.11. The van der Waals surface area contributed by atoms with Gasteiger partial charge in [0, 0.05) is 23.8 Å². The highest BCUT2D eigenvalue weighted by Crippen LogP contribution is 2.42. The highest BCUT2D eigenvalue weighted by molar-refractivity contribution is 7.80. The SMILES string of the molecule is COC(=O)c1ccccc1-n1cccc1C1C(c2ccccn2)NC(=S)N1c1cccc(C)c1. The molecule has 0 aliphatic carbocycles. The van der Waals surface area contributed by atoms with Crippen molar-refractivity contribution in [1.29, 1.82) is 0 Å². The minimum Gasteiger partial charge on any atom is -0.465 e. The van der Waals surface area contributed by atoms with E-state index in [1.54, 1.807) is 12.3 Å². The number of carbonyl (C=O) groups excluding carboxylic acids is 1. The molecule has 170 valence electrons. The van der Waals surface area contributed by atoms with Crippen molar-refractivity contribution in [2.45, 2.75) is 19.0 Å². The van der Waals surface area contributed by atoms with Gasteiger partial charge in [0.2, 0.25) is 0 Å². The van der Waals surface area contributed by atoms with Crippen LogP contribution >= 0.6 is 12.2 Å². The molecule has 5 rings (SSSR count). The largest absolute Gasteiger partial charge is 0.465 e. The van der Waals surface area contributed by atoms with Gasteiger partial charge < -0.3 is 19.5 Å². The highest BCUT2D eigenvalue weighted by atomic mass is 32.1. The Morgan fingerprint density at radius 1 is 1.03 bits per heavy atom. The number of carbonyl (C=O) groups is 1. The summed E-state index contributed by atoms with van der Waals surface area (Å²) in [4.78, 5) is 19.3. The number of nitrogens with one attached hydrogen (secondary N) is 1. The standard InChI is InChI=1S/C27H24N4O2S/c1-18-9-7-10-19(17-18)31-25(24(29-27(31)34)21-12-5-6-15-28-21)23-14-8-16-30(23)22-13-4-3-11-20(22)26(32)33-2/h3-17,24-25H,1-2H3,(H,29,34). The van der Waals surface area contributed by atoms with E-state index in [-0.39, 0.29) is 18.1 Å². The van der Waals surface area contributed by atoms with Crippen LogP contribution in [0.3, 0.4) is 0 Å². The Morgan fingerprint density at radius 3 is 2.62 bits per heavy atom. The molecule has 2 unspecified atom stereocenters. The van der Waals surface area contributed by atoms with Crippen LogP contribution in [-0.2, 0) is 4.74 Å². The van der Waals surface area contributed by atoms with Crippen molar-refractivity contribution in [2.24, 2.45) is 0 Å². The molecule has 2 aromatic heterocycles. The third-order valence-electron chi connectivity index (χ3n) is 6.03. The third-order valence-corrected chi connectivity index (χ3v) is 6.34. The number of thiocarbonyl (C=S) groups is 1. The minimum atomic E-state index is -0.382. The molecular formula is C27H24N4O2S. The summed E-state index contributed by atoms with van der Waals surface area (Å²) >= 11 is 5.84. The van der Waals surface area contributed by atoms with Crippen molar-refractivity contribution in [3.05, 3.63) is 114 Å². The molecule has 34 heavy (non-hydrogen) atoms. The summed E-state index contributed by atoms with van der Waals surface area (Å²) in [6.45, 7) is 2.07. The summed E-state index contributed by atoms with van der Waals surface area (Å²) in [7, 11) is 1.39. The van der Waals surface area contributed by atoms with E-state index >= 15 is 0 Å². The monoisotopic (exact) mass is 468 g/mol. The van der Waals surface area contributed by atoms with Gasteiger partial charge in [0.25, 0.3) is 0 Å². The number of anilines is 1. The molecule has 0 bridgehead atoms. The second-order valence-electron chi connectivity index (χ2n) is 8.15. The molecule has 0 spiro atoms. The van der Waals surface area contributed by atoms with Gasteiger partial charge in [0.05, 0.1) is 30.1 Å². The van der Waals surface area contributed by atoms with E-state index in [1.165, 1.54) is 7.11 Å². The number of para-hydroxylation sites is 1. The maximum Gasteiger partial charge on any atom is 0.339 e. The van der Waals surface area contributed by atoms with E-state index in [1.807, 2.05) is 59.3 Å². The zero-order valence-electron chi connectivity index (χ0n) is 18.9. The van der Waals surface area contributed by atoms with Gasteiger partial charge in [0.1, 0.15) is 6.04 Å². The second-order valence-corrected chi connectivity index (χ2v) is 8.53. The van der Waals surface area contributed by atoms with E-state index in [2.05, 4.69) is 46.4 Å². The molecule has 2 atom stereocenters. The molecule has 1 N–H and O–H groups in total. The number of hydrogen-bond donors (Lipinski definition) is 1. The molecule has 0 amide bonds. The number of rotatable bonds is 5. The Morgan fingerprint density at radius 2 is 1.85 bits per heavy atom. The number of nitrogens with zero attached hydrogens (tertiary/aromatic N) is 3. The summed E-state index contributed by atoms with van der Waals surface area (Å²) in [6.07, 6.45) is 3.75. The fourth-order valence-electron chi connectivity index (χ4n) is 4.53. The fourth-order valence-corrected chi connectivity index (χ4v) is 4.88. The van der Waals surface area contributed by atoms with Crippen molar-refractivity contribution in [3.8, 4) is 5.69 Å². The quantitative estimate of drug-likeness (QED) is 0.323. The lowest BCUT2D eigenvalue weighted by Crippen LogP contribution is -2.30. The van der Waals surface area contributed by atoms with Gasteiger partial charge >= 0.3 is 5.97 Å². The Balaban J connectivity index is 1.70. The van der Waals surface area contributed by atoms with Crippen LogP contribution in [0.4, 0.5) is 5.69 Å². The Bertz CT molecular complexity index is 1350. The summed E-state index contributed by atoms with van der Waals surface area (Å²) in [6, 6.07) is 25.3. The molecule has 1 aliphatic heterocycles. The maximum atomic E-state index is 12.5. The lowest BCUT2D eigenvalue weighted by atomic mass is 10.00. The van der Waals surface area contributed by atoms with Crippen molar-refractivity contribution in [3.63, 3.8) is 0 Å². The predicted octanol–water partition coefficient (Wildman–Crippen LogP) is 5.14. The summed E-state index contributed by atoms with van der Waals surface area (Å²) in [5.41, 5.74) is 5.24. The molecule has 0 saturated carbocycles. The average Bonchev–Trinajstić information content (AvgIpc) is 3.48. The fraction of sp³-hybridized carbons (Fsp3) is 0.148. The first-order valence-corrected chi connectivity index (χ1v) is 11.4. The highest BCUT2D eigenvalue weighted by Gasteiger charge is 2.42. The van der Waals surface area contributed by atoms with Crippen molar-refractivity contribution in [1.82, 2.24) is 14.9 Å². The zero-order valence-corrected chi connectivity index (χ0v) is 19.7. The molecule has 7 heteroatoms. The van der Waals surface area contributed by atoms with Gasteiger partial charge in [-0.3, -0.25) is 4.98 Å². The van der Waals surface area contributed by atoms with E-state index in [0.29, 0.717) is 10.7 Å². The predicted molar refractivity (Wildman–Crippen MR) is 136 cm³/mol. The number of aromatic nitrogens is 2. The molecule has 1 aliphatic rings. The Labute approximate surface area is 203 Å². The van der Waals surface area contributed by atoms with Gasteiger partial charge in [0.15, 0.2) is 5.11 Å². The lowest BCUT2D eigenvalue weighted by molar-refractivity contribution is 0.0600. The van der Waals surface area contributed by atoms with E-state index < -0.39 is 0 Å². The van der Waals surface area contributed by atoms with Crippen LogP contribution in [0.5, 0.6) is 0 Å². The number of aryl methyl sites for hydroxylation is 1. The number of pyridine rings is 1. The van der Waals surface area contributed by atoms with Gasteiger partial charge in [-0.2, -0.15) is 0 Å². The molecule has 4 aromatic rings. The van der Waals surface area contributed by atoms with Crippen LogP contribution in [0.25, 0.3) is 5.69 Å². The van der Waals surface area contributed by atoms with Crippen LogP contribution in [0.2, 0.25) is 0 Å². The Hall–Kier alpha value is -3.97. The first kappa shape index (κ1) is 21.9. The van der Waals surface area contributed by atoms with Crippen LogP contribution < -0.4 is 10.2 Å².